The van der Waals surface area contributed by atoms with E-state index in [0.717, 1.165) is 19.3 Å². The molecule has 3 unspecified atom stereocenters. The van der Waals surface area contributed by atoms with Crippen LogP contribution in [0.25, 0.3) is 0 Å². The molecule has 0 aromatic rings. The first-order valence-electron chi connectivity index (χ1n) is 6.56. The Morgan fingerprint density at radius 1 is 1.29 bits per heavy atom. The maximum absolute atomic E-state index is 12.0. The zero-order valence-electron chi connectivity index (χ0n) is 10.7. The minimum Gasteiger partial charge on any atom is -0.481 e. The lowest BCUT2D eigenvalue weighted by molar-refractivity contribution is -0.148. The number of carboxylic acid groups (broad SMARTS) is 1. The molecule has 0 aromatic carbocycles. The molecule has 98 valence electrons. The molecule has 1 aliphatic carbocycles. The van der Waals surface area contributed by atoms with Gasteiger partial charge in [0, 0.05) is 6.54 Å². The van der Waals surface area contributed by atoms with Crippen molar-refractivity contribution in [3.05, 3.63) is 0 Å². The fourth-order valence-electron chi connectivity index (χ4n) is 2.29. The van der Waals surface area contributed by atoms with Crippen molar-refractivity contribution in [3.63, 3.8) is 0 Å². The first kappa shape index (κ1) is 14.0. The number of hydrogen-bond acceptors (Lipinski definition) is 2. The third-order valence-corrected chi connectivity index (χ3v) is 3.74. The van der Waals surface area contributed by atoms with Crippen molar-refractivity contribution in [1.82, 2.24) is 5.32 Å². The van der Waals surface area contributed by atoms with E-state index in [2.05, 4.69) is 19.2 Å². The maximum Gasteiger partial charge on any atom is 0.307 e. The van der Waals surface area contributed by atoms with Crippen LogP contribution >= 0.6 is 0 Å². The van der Waals surface area contributed by atoms with Gasteiger partial charge in [-0.1, -0.05) is 33.1 Å². The summed E-state index contributed by atoms with van der Waals surface area (Å²) in [6, 6.07) is 0. The molecule has 4 nitrogen and oxygen atoms in total. The fourth-order valence-corrected chi connectivity index (χ4v) is 2.29. The second kappa shape index (κ2) is 6.62. The Bertz CT molecular complexity index is 278. The van der Waals surface area contributed by atoms with Crippen molar-refractivity contribution in [1.29, 1.82) is 0 Å². The summed E-state index contributed by atoms with van der Waals surface area (Å²) in [7, 11) is 0. The first-order valence-corrected chi connectivity index (χ1v) is 6.56. The molecule has 1 saturated carbocycles. The summed E-state index contributed by atoms with van der Waals surface area (Å²) >= 11 is 0. The summed E-state index contributed by atoms with van der Waals surface area (Å²) in [5.41, 5.74) is 0. The van der Waals surface area contributed by atoms with Crippen LogP contribution in [-0.2, 0) is 9.59 Å². The van der Waals surface area contributed by atoms with Gasteiger partial charge in [0.1, 0.15) is 0 Å². The van der Waals surface area contributed by atoms with Crippen LogP contribution in [0.2, 0.25) is 0 Å². The van der Waals surface area contributed by atoms with Crippen LogP contribution in [0.5, 0.6) is 0 Å². The Hall–Kier alpha value is -1.06. The van der Waals surface area contributed by atoms with Gasteiger partial charge in [0.15, 0.2) is 0 Å². The SMILES string of the molecule is CCC(C)CNC(=O)C1CCCCC1C(=O)O. The summed E-state index contributed by atoms with van der Waals surface area (Å²) in [5, 5.41) is 12.0. The molecule has 0 spiro atoms. The van der Waals surface area contributed by atoms with Gasteiger partial charge in [-0.05, 0) is 18.8 Å². The minimum atomic E-state index is -0.826. The summed E-state index contributed by atoms with van der Waals surface area (Å²) < 4.78 is 0. The minimum absolute atomic E-state index is 0.0719. The lowest BCUT2D eigenvalue weighted by atomic mass is 9.78. The van der Waals surface area contributed by atoms with E-state index in [-0.39, 0.29) is 11.8 Å². The molecule has 0 radical (unpaired) electrons. The van der Waals surface area contributed by atoms with Crippen molar-refractivity contribution in [2.75, 3.05) is 6.54 Å². The van der Waals surface area contributed by atoms with Crippen LogP contribution in [0.1, 0.15) is 46.0 Å². The largest absolute Gasteiger partial charge is 0.481 e. The second-order valence-corrected chi connectivity index (χ2v) is 5.09. The van der Waals surface area contributed by atoms with Gasteiger partial charge in [-0.15, -0.1) is 0 Å². The fraction of sp³-hybridized carbons (Fsp3) is 0.846. The highest BCUT2D eigenvalue weighted by Gasteiger charge is 2.35. The van der Waals surface area contributed by atoms with Crippen LogP contribution in [0.4, 0.5) is 0 Å². The summed E-state index contributed by atoms with van der Waals surface area (Å²) in [4.78, 5) is 23.0. The predicted molar refractivity (Wildman–Crippen MR) is 65.5 cm³/mol. The zero-order valence-corrected chi connectivity index (χ0v) is 10.7. The molecule has 1 rings (SSSR count). The number of aliphatic carboxylic acids is 1. The van der Waals surface area contributed by atoms with Crippen molar-refractivity contribution in [3.8, 4) is 0 Å². The molecule has 2 N–H and O–H groups in total. The Morgan fingerprint density at radius 3 is 2.41 bits per heavy atom. The van der Waals surface area contributed by atoms with Crippen LogP contribution in [-0.4, -0.2) is 23.5 Å². The molecule has 17 heavy (non-hydrogen) atoms. The van der Waals surface area contributed by atoms with E-state index in [1.807, 2.05) is 0 Å². The average Bonchev–Trinajstić information content (AvgIpc) is 2.35. The zero-order chi connectivity index (χ0) is 12.8. The van der Waals surface area contributed by atoms with E-state index >= 15 is 0 Å². The molecule has 0 bridgehead atoms. The highest BCUT2D eigenvalue weighted by Crippen LogP contribution is 2.30. The number of rotatable bonds is 5. The Kier molecular flexibility index (Phi) is 5.45. The Balaban J connectivity index is 2.50. The van der Waals surface area contributed by atoms with Crippen LogP contribution < -0.4 is 5.32 Å². The maximum atomic E-state index is 12.0. The van der Waals surface area contributed by atoms with Crippen molar-refractivity contribution < 1.29 is 14.7 Å². The highest BCUT2D eigenvalue weighted by molar-refractivity contribution is 5.84. The first-order chi connectivity index (χ1) is 8.06. The van der Waals surface area contributed by atoms with Gasteiger partial charge in [-0.25, -0.2) is 0 Å². The van der Waals surface area contributed by atoms with E-state index in [1.165, 1.54) is 0 Å². The van der Waals surface area contributed by atoms with Crippen molar-refractivity contribution >= 4 is 11.9 Å². The molecule has 0 saturated heterocycles. The van der Waals surface area contributed by atoms with Gasteiger partial charge in [0.05, 0.1) is 11.8 Å². The van der Waals surface area contributed by atoms with E-state index < -0.39 is 11.9 Å². The standard InChI is InChI=1S/C13H23NO3/c1-3-9(2)8-14-12(15)10-6-4-5-7-11(10)13(16)17/h9-11H,3-8H2,1-2H3,(H,14,15)(H,16,17). The number of amides is 1. The molecule has 3 atom stereocenters. The smallest absolute Gasteiger partial charge is 0.307 e. The summed E-state index contributed by atoms with van der Waals surface area (Å²) in [6.07, 6.45) is 4.25. The third kappa shape index (κ3) is 4.02. The molecule has 0 aromatic heterocycles. The molecule has 0 aliphatic heterocycles. The van der Waals surface area contributed by atoms with E-state index in [4.69, 9.17) is 5.11 Å². The number of hydrogen-bond donors (Lipinski definition) is 2. The second-order valence-electron chi connectivity index (χ2n) is 5.09. The van der Waals surface area contributed by atoms with Gasteiger partial charge in [-0.3, -0.25) is 9.59 Å². The Morgan fingerprint density at radius 2 is 1.88 bits per heavy atom. The number of carbonyl (C=O) groups is 2. The number of carboxylic acids is 1. The summed E-state index contributed by atoms with van der Waals surface area (Å²) in [5.74, 6) is -1.26. The Labute approximate surface area is 103 Å². The molecular formula is C13H23NO3. The van der Waals surface area contributed by atoms with Crippen LogP contribution in [0, 0.1) is 17.8 Å². The molecule has 1 amide bonds. The molecule has 1 aliphatic rings. The monoisotopic (exact) mass is 241 g/mol. The third-order valence-electron chi connectivity index (χ3n) is 3.74. The summed E-state index contributed by atoms with van der Waals surface area (Å²) in [6.45, 7) is 4.81. The normalized spacial score (nSPS) is 26.2. The van der Waals surface area contributed by atoms with Gasteiger partial charge in [-0.2, -0.15) is 0 Å². The van der Waals surface area contributed by atoms with Crippen LogP contribution in [0.3, 0.4) is 0 Å². The van der Waals surface area contributed by atoms with Crippen molar-refractivity contribution in [2.45, 2.75) is 46.0 Å². The quantitative estimate of drug-likeness (QED) is 0.774. The average molecular weight is 241 g/mol. The van der Waals surface area contributed by atoms with Gasteiger partial charge >= 0.3 is 5.97 Å². The van der Waals surface area contributed by atoms with Gasteiger partial charge in [0.2, 0.25) is 5.91 Å². The topological polar surface area (TPSA) is 66.4 Å². The van der Waals surface area contributed by atoms with E-state index in [1.54, 1.807) is 0 Å². The van der Waals surface area contributed by atoms with Gasteiger partial charge in [0.25, 0.3) is 0 Å². The van der Waals surface area contributed by atoms with Crippen LogP contribution in [0.15, 0.2) is 0 Å². The van der Waals surface area contributed by atoms with Crippen molar-refractivity contribution in [2.24, 2.45) is 17.8 Å². The number of nitrogens with one attached hydrogen (secondary N) is 1. The molecule has 4 heteroatoms. The lowest BCUT2D eigenvalue weighted by Gasteiger charge is -2.27. The lowest BCUT2D eigenvalue weighted by Crippen LogP contribution is -2.41. The predicted octanol–water partition coefficient (Wildman–Crippen LogP) is 2.04. The molecule has 0 heterocycles. The molecular weight excluding hydrogens is 218 g/mol. The van der Waals surface area contributed by atoms with E-state index in [0.29, 0.717) is 25.3 Å². The van der Waals surface area contributed by atoms with Gasteiger partial charge < -0.3 is 10.4 Å². The number of carbonyl (C=O) groups excluding carboxylic acids is 1. The molecule has 1 fully saturated rings. The highest BCUT2D eigenvalue weighted by atomic mass is 16.4. The van der Waals surface area contributed by atoms with E-state index in [9.17, 15) is 9.59 Å².